The second-order valence-corrected chi connectivity index (χ2v) is 6.81. The van der Waals surface area contributed by atoms with Crippen molar-refractivity contribution in [2.75, 3.05) is 12.4 Å². The molecular formula is C20H23N3O3. The van der Waals surface area contributed by atoms with Crippen LogP contribution in [0, 0.1) is 5.92 Å². The monoisotopic (exact) mass is 353 g/mol. The molecule has 0 aliphatic heterocycles. The summed E-state index contributed by atoms with van der Waals surface area (Å²) in [7, 11) is 1.70. The number of hydrogen-bond acceptors (Lipinski definition) is 3. The van der Waals surface area contributed by atoms with E-state index in [-0.39, 0.29) is 11.6 Å². The van der Waals surface area contributed by atoms with Crippen molar-refractivity contribution in [3.05, 3.63) is 65.0 Å². The minimum atomic E-state index is -0.263. The number of nitrogens with zero attached hydrogens (tertiary/aromatic N) is 2. The largest absolute Gasteiger partial charge is 0.467 e. The quantitative estimate of drug-likeness (QED) is 0.756. The number of nitrogens with one attached hydrogen (secondary N) is 1. The zero-order valence-corrected chi connectivity index (χ0v) is 15.2. The standard InChI is InChI=1S/C20H23N3O3/c1-14(2)11-23-13-18(16-8-4-5-9-17(16)19(23)24)21-20(25)22(3)12-15-7-6-10-26-15/h4-10,13-14H,11-12H2,1-3H3,(H,21,25). The fraction of sp³-hybridized carbons (Fsp3) is 0.300. The lowest BCUT2D eigenvalue weighted by molar-refractivity contribution is 0.217. The number of rotatable bonds is 5. The third-order valence-electron chi connectivity index (χ3n) is 4.12. The molecule has 2 aromatic heterocycles. The van der Waals surface area contributed by atoms with E-state index in [1.807, 2.05) is 24.3 Å². The predicted molar refractivity (Wildman–Crippen MR) is 102 cm³/mol. The summed E-state index contributed by atoms with van der Waals surface area (Å²) >= 11 is 0. The summed E-state index contributed by atoms with van der Waals surface area (Å²) < 4.78 is 6.95. The van der Waals surface area contributed by atoms with Crippen molar-refractivity contribution in [1.29, 1.82) is 0 Å². The molecule has 0 spiro atoms. The number of aromatic nitrogens is 1. The highest BCUT2D eigenvalue weighted by Gasteiger charge is 2.15. The van der Waals surface area contributed by atoms with E-state index in [1.165, 1.54) is 4.90 Å². The summed E-state index contributed by atoms with van der Waals surface area (Å²) in [5.41, 5.74) is 0.577. The molecule has 26 heavy (non-hydrogen) atoms. The number of amides is 2. The van der Waals surface area contributed by atoms with Gasteiger partial charge in [0.05, 0.1) is 18.5 Å². The van der Waals surface area contributed by atoms with Crippen LogP contribution in [0.25, 0.3) is 10.8 Å². The first-order valence-corrected chi connectivity index (χ1v) is 8.62. The summed E-state index contributed by atoms with van der Waals surface area (Å²) in [6.45, 7) is 5.06. The highest BCUT2D eigenvalue weighted by molar-refractivity contribution is 6.00. The molecule has 1 aromatic carbocycles. The molecule has 0 bridgehead atoms. The minimum Gasteiger partial charge on any atom is -0.467 e. The maximum atomic E-state index is 12.7. The molecule has 0 fully saturated rings. The molecule has 1 N–H and O–H groups in total. The van der Waals surface area contributed by atoms with Crippen LogP contribution < -0.4 is 10.9 Å². The van der Waals surface area contributed by atoms with Crippen molar-refractivity contribution in [3.8, 4) is 0 Å². The molecule has 2 heterocycles. The van der Waals surface area contributed by atoms with Gasteiger partial charge < -0.3 is 19.2 Å². The fourth-order valence-corrected chi connectivity index (χ4v) is 2.89. The summed E-state index contributed by atoms with van der Waals surface area (Å²) in [6, 6.07) is 10.7. The Morgan fingerprint density at radius 1 is 1.19 bits per heavy atom. The number of urea groups is 1. The van der Waals surface area contributed by atoms with Crippen molar-refractivity contribution in [2.45, 2.75) is 26.9 Å². The molecule has 3 rings (SSSR count). The number of pyridine rings is 1. The number of hydrogen-bond donors (Lipinski definition) is 1. The summed E-state index contributed by atoms with van der Waals surface area (Å²) in [4.78, 5) is 26.8. The van der Waals surface area contributed by atoms with Gasteiger partial charge in [-0.3, -0.25) is 4.79 Å². The van der Waals surface area contributed by atoms with Crippen molar-refractivity contribution in [1.82, 2.24) is 9.47 Å². The average Bonchev–Trinajstić information content (AvgIpc) is 3.11. The number of anilines is 1. The Labute approximate surface area is 152 Å². The van der Waals surface area contributed by atoms with Gasteiger partial charge in [0.25, 0.3) is 5.56 Å². The third-order valence-corrected chi connectivity index (χ3v) is 4.12. The molecular weight excluding hydrogens is 330 g/mol. The summed E-state index contributed by atoms with van der Waals surface area (Å²) in [5.74, 6) is 1.02. The Hall–Kier alpha value is -3.02. The molecule has 2 amide bonds. The van der Waals surface area contributed by atoms with Gasteiger partial charge in [-0.25, -0.2) is 4.79 Å². The molecule has 3 aromatic rings. The van der Waals surface area contributed by atoms with Crippen LogP contribution >= 0.6 is 0 Å². The predicted octanol–water partition coefficient (Wildman–Crippen LogP) is 3.91. The van der Waals surface area contributed by atoms with Gasteiger partial charge in [-0.2, -0.15) is 0 Å². The smallest absolute Gasteiger partial charge is 0.322 e. The van der Waals surface area contributed by atoms with Gasteiger partial charge in [0.1, 0.15) is 5.76 Å². The van der Waals surface area contributed by atoms with Gasteiger partial charge in [0, 0.05) is 30.6 Å². The van der Waals surface area contributed by atoms with Crippen LogP contribution in [-0.4, -0.2) is 22.5 Å². The molecule has 0 unspecified atom stereocenters. The molecule has 0 saturated carbocycles. The first kappa shape index (κ1) is 17.8. The van der Waals surface area contributed by atoms with Crippen LogP contribution in [0.2, 0.25) is 0 Å². The van der Waals surface area contributed by atoms with Crippen LogP contribution in [-0.2, 0) is 13.1 Å². The van der Waals surface area contributed by atoms with E-state index < -0.39 is 0 Å². The third kappa shape index (κ3) is 3.79. The molecule has 0 aliphatic rings. The van der Waals surface area contributed by atoms with Gasteiger partial charge in [0.15, 0.2) is 0 Å². The second kappa shape index (κ2) is 7.47. The average molecular weight is 353 g/mol. The highest BCUT2D eigenvalue weighted by Crippen LogP contribution is 2.21. The fourth-order valence-electron chi connectivity index (χ4n) is 2.89. The van der Waals surface area contributed by atoms with Gasteiger partial charge in [-0.1, -0.05) is 32.0 Å². The molecule has 0 saturated heterocycles. The van der Waals surface area contributed by atoms with Crippen LogP contribution in [0.4, 0.5) is 10.5 Å². The zero-order valence-electron chi connectivity index (χ0n) is 15.2. The van der Waals surface area contributed by atoms with Crippen LogP contribution in [0.15, 0.2) is 58.1 Å². The van der Waals surface area contributed by atoms with Gasteiger partial charge in [-0.05, 0) is 24.1 Å². The minimum absolute atomic E-state index is 0.0451. The lowest BCUT2D eigenvalue weighted by Crippen LogP contribution is -2.31. The molecule has 136 valence electrons. The van der Waals surface area contributed by atoms with E-state index in [4.69, 9.17) is 4.42 Å². The van der Waals surface area contributed by atoms with E-state index in [0.717, 1.165) is 5.39 Å². The second-order valence-electron chi connectivity index (χ2n) is 6.81. The van der Waals surface area contributed by atoms with Crippen LogP contribution in [0.3, 0.4) is 0 Å². The molecule has 6 heteroatoms. The molecule has 6 nitrogen and oxygen atoms in total. The van der Waals surface area contributed by atoms with Crippen LogP contribution in [0.1, 0.15) is 19.6 Å². The van der Waals surface area contributed by atoms with Crippen molar-refractivity contribution < 1.29 is 9.21 Å². The maximum absolute atomic E-state index is 12.7. The zero-order chi connectivity index (χ0) is 18.7. The van der Waals surface area contributed by atoms with E-state index in [9.17, 15) is 9.59 Å². The first-order valence-electron chi connectivity index (χ1n) is 8.62. The van der Waals surface area contributed by atoms with E-state index >= 15 is 0 Å². The van der Waals surface area contributed by atoms with Gasteiger partial charge >= 0.3 is 6.03 Å². The highest BCUT2D eigenvalue weighted by atomic mass is 16.3. The Morgan fingerprint density at radius 3 is 2.58 bits per heavy atom. The summed E-state index contributed by atoms with van der Waals surface area (Å²) in [6.07, 6.45) is 3.31. The first-order chi connectivity index (χ1) is 12.5. The van der Waals surface area contributed by atoms with Crippen molar-refractivity contribution in [2.24, 2.45) is 5.92 Å². The van der Waals surface area contributed by atoms with E-state index in [1.54, 1.807) is 36.2 Å². The SMILES string of the molecule is CC(C)Cn1cc(NC(=O)N(C)Cc2ccco2)c2ccccc2c1=O. The lowest BCUT2D eigenvalue weighted by atomic mass is 10.1. The Balaban J connectivity index is 1.92. The number of furan rings is 1. The van der Waals surface area contributed by atoms with Gasteiger partial charge in [-0.15, -0.1) is 0 Å². The number of carbonyl (C=O) groups excluding carboxylic acids is 1. The number of benzene rings is 1. The van der Waals surface area contributed by atoms with E-state index in [2.05, 4.69) is 19.2 Å². The van der Waals surface area contributed by atoms with Crippen LogP contribution in [0.5, 0.6) is 0 Å². The summed E-state index contributed by atoms with van der Waals surface area (Å²) in [5, 5.41) is 4.25. The number of carbonyl (C=O) groups is 1. The Kier molecular flexibility index (Phi) is 5.11. The van der Waals surface area contributed by atoms with Gasteiger partial charge in [0.2, 0.25) is 0 Å². The normalized spacial score (nSPS) is 11.1. The van der Waals surface area contributed by atoms with Crippen molar-refractivity contribution >= 4 is 22.5 Å². The van der Waals surface area contributed by atoms with E-state index in [0.29, 0.717) is 35.8 Å². The lowest BCUT2D eigenvalue weighted by Gasteiger charge is -2.19. The number of fused-ring (bicyclic) bond motifs is 1. The maximum Gasteiger partial charge on any atom is 0.322 e. The molecule has 0 radical (unpaired) electrons. The van der Waals surface area contributed by atoms with Crippen molar-refractivity contribution in [3.63, 3.8) is 0 Å². The topological polar surface area (TPSA) is 67.5 Å². The Morgan fingerprint density at radius 2 is 1.92 bits per heavy atom. The molecule has 0 aliphatic carbocycles. The Bertz CT molecular complexity index is 958. The molecule has 0 atom stereocenters.